The standard InChI is InChI=1S/C45H28N4O/c1-4-13-29(14-5-1)32-23-25-35-38-28-33(24-26-40(38)50-41(35)27-32)49-39-22-11-10-19-34(39)36-20-12-21-37(42(36)49)45-47-43(30-15-6-2-7-16-30)46-44(48-45)31-17-8-3-9-18-31/h1-28H. The first kappa shape index (κ1) is 28.2. The van der Waals surface area contributed by atoms with Gasteiger partial charge in [-0.2, -0.15) is 0 Å². The van der Waals surface area contributed by atoms with Crippen molar-refractivity contribution in [2.45, 2.75) is 0 Å². The van der Waals surface area contributed by atoms with Crippen LogP contribution in [-0.4, -0.2) is 19.5 Å². The maximum Gasteiger partial charge on any atom is 0.166 e. The summed E-state index contributed by atoms with van der Waals surface area (Å²) in [7, 11) is 0. The van der Waals surface area contributed by atoms with Crippen molar-refractivity contribution in [2.24, 2.45) is 0 Å². The molecule has 0 bridgehead atoms. The van der Waals surface area contributed by atoms with Crippen LogP contribution < -0.4 is 0 Å². The van der Waals surface area contributed by atoms with E-state index in [1.807, 2.05) is 66.7 Å². The Hall–Kier alpha value is -6.85. The fourth-order valence-electron chi connectivity index (χ4n) is 7.11. The van der Waals surface area contributed by atoms with Gasteiger partial charge in [-0.05, 0) is 53.6 Å². The Labute approximate surface area is 287 Å². The van der Waals surface area contributed by atoms with E-state index in [0.717, 1.165) is 77.2 Å². The minimum atomic E-state index is 0.621. The average molecular weight is 641 g/mol. The highest BCUT2D eigenvalue weighted by molar-refractivity contribution is 6.14. The molecule has 0 spiro atoms. The largest absolute Gasteiger partial charge is 0.456 e. The van der Waals surface area contributed by atoms with Crippen LogP contribution in [0, 0.1) is 0 Å². The summed E-state index contributed by atoms with van der Waals surface area (Å²) in [6.07, 6.45) is 0. The smallest absolute Gasteiger partial charge is 0.166 e. The van der Waals surface area contributed by atoms with Crippen molar-refractivity contribution in [1.29, 1.82) is 0 Å². The number of benzene rings is 7. The van der Waals surface area contributed by atoms with Gasteiger partial charge in [0.05, 0.1) is 11.0 Å². The highest BCUT2D eigenvalue weighted by atomic mass is 16.3. The zero-order valence-electron chi connectivity index (χ0n) is 26.9. The van der Waals surface area contributed by atoms with Crippen molar-refractivity contribution in [2.75, 3.05) is 0 Å². The number of aromatic nitrogens is 4. The zero-order chi connectivity index (χ0) is 33.0. The summed E-state index contributed by atoms with van der Waals surface area (Å²) in [6.45, 7) is 0. The second-order valence-electron chi connectivity index (χ2n) is 12.5. The molecule has 5 heteroatoms. The fourth-order valence-corrected chi connectivity index (χ4v) is 7.11. The van der Waals surface area contributed by atoms with Crippen LogP contribution in [0.25, 0.3) is 94.7 Å². The van der Waals surface area contributed by atoms with Crippen LogP contribution in [0.2, 0.25) is 0 Å². The molecule has 0 aliphatic carbocycles. The first-order chi connectivity index (χ1) is 24.8. The minimum absolute atomic E-state index is 0.621. The molecule has 0 saturated carbocycles. The summed E-state index contributed by atoms with van der Waals surface area (Å²) in [5.74, 6) is 1.89. The van der Waals surface area contributed by atoms with Crippen molar-refractivity contribution in [1.82, 2.24) is 19.5 Å². The Bertz CT molecular complexity index is 2800. The SMILES string of the molecule is c1ccc(-c2ccc3c(c2)oc2ccc(-n4c5ccccc5c5cccc(-c6nc(-c7ccccc7)nc(-c7ccccc7)n6)c54)cc23)cc1. The molecule has 0 aliphatic rings. The molecule has 50 heavy (non-hydrogen) atoms. The minimum Gasteiger partial charge on any atom is -0.456 e. The molecule has 0 fully saturated rings. The molecule has 0 N–H and O–H groups in total. The second-order valence-corrected chi connectivity index (χ2v) is 12.5. The quantitative estimate of drug-likeness (QED) is 0.188. The second kappa shape index (κ2) is 11.4. The van der Waals surface area contributed by atoms with Gasteiger partial charge in [-0.25, -0.2) is 15.0 Å². The first-order valence-corrected chi connectivity index (χ1v) is 16.7. The lowest BCUT2D eigenvalue weighted by atomic mass is 10.0. The highest BCUT2D eigenvalue weighted by Gasteiger charge is 2.20. The van der Waals surface area contributed by atoms with Gasteiger partial charge in [0.15, 0.2) is 17.5 Å². The lowest BCUT2D eigenvalue weighted by Gasteiger charge is -2.13. The van der Waals surface area contributed by atoms with Crippen molar-refractivity contribution in [3.63, 3.8) is 0 Å². The van der Waals surface area contributed by atoms with Gasteiger partial charge in [-0.3, -0.25) is 0 Å². The molecule has 10 rings (SSSR count). The lowest BCUT2D eigenvalue weighted by molar-refractivity contribution is 0.669. The van der Waals surface area contributed by atoms with E-state index in [2.05, 4.69) is 108 Å². The fraction of sp³-hybridized carbons (Fsp3) is 0. The van der Waals surface area contributed by atoms with Gasteiger partial charge in [-0.1, -0.05) is 127 Å². The van der Waals surface area contributed by atoms with Gasteiger partial charge in [0.2, 0.25) is 0 Å². The molecule has 3 aromatic heterocycles. The number of rotatable bonds is 5. The molecule has 7 aromatic carbocycles. The topological polar surface area (TPSA) is 56.7 Å². The van der Waals surface area contributed by atoms with E-state index < -0.39 is 0 Å². The van der Waals surface area contributed by atoms with Crippen LogP contribution in [-0.2, 0) is 0 Å². The van der Waals surface area contributed by atoms with Gasteiger partial charge in [0, 0.05) is 43.9 Å². The van der Waals surface area contributed by atoms with Crippen LogP contribution in [0.15, 0.2) is 174 Å². The molecule has 0 aliphatic heterocycles. The Morgan fingerprint density at radius 1 is 0.380 bits per heavy atom. The molecular formula is C45H28N4O. The van der Waals surface area contributed by atoms with Crippen LogP contribution in [0.5, 0.6) is 0 Å². The Morgan fingerprint density at radius 2 is 1.00 bits per heavy atom. The number of hydrogen-bond donors (Lipinski definition) is 0. The number of furan rings is 1. The molecule has 0 amide bonds. The third-order valence-electron chi connectivity index (χ3n) is 9.46. The van der Waals surface area contributed by atoms with Crippen molar-refractivity contribution < 1.29 is 4.42 Å². The van der Waals surface area contributed by atoms with E-state index in [1.54, 1.807) is 0 Å². The zero-order valence-corrected chi connectivity index (χ0v) is 26.9. The molecule has 234 valence electrons. The van der Waals surface area contributed by atoms with E-state index in [9.17, 15) is 0 Å². The monoisotopic (exact) mass is 640 g/mol. The Balaban J connectivity index is 1.22. The van der Waals surface area contributed by atoms with Crippen molar-refractivity contribution >= 4 is 43.7 Å². The molecule has 0 radical (unpaired) electrons. The van der Waals surface area contributed by atoms with Crippen LogP contribution in [0.1, 0.15) is 0 Å². The third kappa shape index (κ3) is 4.60. The summed E-state index contributed by atoms with van der Waals surface area (Å²) in [6, 6.07) is 58.5. The summed E-state index contributed by atoms with van der Waals surface area (Å²) in [4.78, 5) is 15.2. The number of nitrogens with zero attached hydrogens (tertiary/aromatic N) is 4. The summed E-state index contributed by atoms with van der Waals surface area (Å²) in [5, 5.41) is 4.44. The van der Waals surface area contributed by atoms with Gasteiger partial charge in [0.1, 0.15) is 11.2 Å². The van der Waals surface area contributed by atoms with Crippen LogP contribution >= 0.6 is 0 Å². The van der Waals surface area contributed by atoms with Crippen LogP contribution in [0.3, 0.4) is 0 Å². The van der Waals surface area contributed by atoms with E-state index in [4.69, 9.17) is 19.4 Å². The normalized spacial score (nSPS) is 11.6. The number of fused-ring (bicyclic) bond motifs is 6. The molecule has 0 saturated heterocycles. The molecule has 10 aromatic rings. The third-order valence-corrected chi connectivity index (χ3v) is 9.46. The first-order valence-electron chi connectivity index (χ1n) is 16.7. The van der Waals surface area contributed by atoms with E-state index in [0.29, 0.717) is 17.5 Å². The summed E-state index contributed by atoms with van der Waals surface area (Å²) >= 11 is 0. The van der Waals surface area contributed by atoms with Gasteiger partial charge >= 0.3 is 0 Å². The van der Waals surface area contributed by atoms with Crippen molar-refractivity contribution in [3.05, 3.63) is 170 Å². The van der Waals surface area contributed by atoms with Gasteiger partial charge < -0.3 is 8.98 Å². The predicted molar refractivity (Wildman–Crippen MR) is 203 cm³/mol. The molecule has 0 atom stereocenters. The highest BCUT2D eigenvalue weighted by Crippen LogP contribution is 2.40. The van der Waals surface area contributed by atoms with Gasteiger partial charge in [-0.15, -0.1) is 0 Å². The Kier molecular flexibility index (Phi) is 6.42. The maximum atomic E-state index is 6.43. The summed E-state index contributed by atoms with van der Waals surface area (Å²) in [5.41, 5.74) is 10.0. The number of hydrogen-bond acceptors (Lipinski definition) is 4. The molecular weight excluding hydrogens is 613 g/mol. The molecule has 5 nitrogen and oxygen atoms in total. The molecule has 3 heterocycles. The van der Waals surface area contributed by atoms with E-state index in [1.165, 1.54) is 0 Å². The van der Waals surface area contributed by atoms with Crippen LogP contribution in [0.4, 0.5) is 0 Å². The van der Waals surface area contributed by atoms with Gasteiger partial charge in [0.25, 0.3) is 0 Å². The maximum absolute atomic E-state index is 6.43. The van der Waals surface area contributed by atoms with Crippen molar-refractivity contribution in [3.8, 4) is 51.0 Å². The Morgan fingerprint density at radius 3 is 1.72 bits per heavy atom. The van der Waals surface area contributed by atoms with E-state index >= 15 is 0 Å². The van der Waals surface area contributed by atoms with E-state index in [-0.39, 0.29) is 0 Å². The molecule has 0 unspecified atom stereocenters. The lowest BCUT2D eigenvalue weighted by Crippen LogP contribution is -2.02. The average Bonchev–Trinajstić information content (AvgIpc) is 3.74. The summed E-state index contributed by atoms with van der Waals surface area (Å²) < 4.78 is 8.77. The predicted octanol–water partition coefficient (Wildman–Crippen LogP) is 11.5. The number of para-hydroxylation sites is 2.